The third kappa shape index (κ3) is 1.42. The van der Waals surface area contributed by atoms with Crippen LogP contribution in [0.3, 0.4) is 0 Å². The lowest BCUT2D eigenvalue weighted by atomic mass is 10.2. The fraction of sp³-hybridized carbons (Fsp3) is 0.200. The molecular formula is C10H8F2N2O2. The highest BCUT2D eigenvalue weighted by Gasteiger charge is 2.11. The van der Waals surface area contributed by atoms with Crippen LogP contribution in [0.25, 0.3) is 10.9 Å². The summed E-state index contributed by atoms with van der Waals surface area (Å²) < 4.78 is 27.1. The number of hydrogen-bond acceptors (Lipinski definition) is 2. The van der Waals surface area contributed by atoms with Gasteiger partial charge in [-0.2, -0.15) is 0 Å². The maximum absolute atomic E-state index is 13.3. The molecule has 0 fully saturated rings. The van der Waals surface area contributed by atoms with Gasteiger partial charge in [0.25, 0.3) is 5.56 Å². The van der Waals surface area contributed by atoms with Gasteiger partial charge in [0.1, 0.15) is 5.82 Å². The van der Waals surface area contributed by atoms with E-state index in [-0.39, 0.29) is 17.4 Å². The second kappa shape index (κ2) is 3.55. The molecule has 2 rings (SSSR count). The van der Waals surface area contributed by atoms with Crippen molar-refractivity contribution in [1.82, 2.24) is 9.55 Å². The van der Waals surface area contributed by atoms with Crippen LogP contribution < -0.4 is 11.2 Å². The minimum Gasteiger partial charge on any atom is -0.304 e. The van der Waals surface area contributed by atoms with Gasteiger partial charge in [-0.1, -0.05) is 0 Å². The summed E-state index contributed by atoms with van der Waals surface area (Å²) in [6.07, 6.45) is 0. The number of aromatic amines is 1. The standard InChI is InChI=1S/C10H8F2N2O2/c1-2-14-9(15)6-3-5(11)4-7(12)8(6)13-10(14)16/h3-4H,2H2,1H3,(H,13,16). The largest absolute Gasteiger partial charge is 0.328 e. The van der Waals surface area contributed by atoms with E-state index in [2.05, 4.69) is 4.98 Å². The quantitative estimate of drug-likeness (QED) is 0.788. The van der Waals surface area contributed by atoms with Gasteiger partial charge in [0.2, 0.25) is 0 Å². The first-order chi connectivity index (χ1) is 7.54. The maximum Gasteiger partial charge on any atom is 0.328 e. The van der Waals surface area contributed by atoms with E-state index in [1.165, 1.54) is 0 Å². The monoisotopic (exact) mass is 226 g/mol. The molecule has 0 radical (unpaired) electrons. The average Bonchev–Trinajstić information content (AvgIpc) is 2.21. The van der Waals surface area contributed by atoms with Crippen molar-refractivity contribution in [3.05, 3.63) is 44.6 Å². The van der Waals surface area contributed by atoms with Gasteiger partial charge in [-0.3, -0.25) is 9.36 Å². The molecule has 1 heterocycles. The van der Waals surface area contributed by atoms with Gasteiger partial charge in [0.05, 0.1) is 10.9 Å². The average molecular weight is 226 g/mol. The van der Waals surface area contributed by atoms with Gasteiger partial charge in [0, 0.05) is 12.6 Å². The topological polar surface area (TPSA) is 54.9 Å². The van der Waals surface area contributed by atoms with Crippen LogP contribution in [-0.4, -0.2) is 9.55 Å². The Labute approximate surface area is 88.1 Å². The second-order valence-electron chi connectivity index (χ2n) is 3.29. The third-order valence-corrected chi connectivity index (χ3v) is 2.32. The zero-order chi connectivity index (χ0) is 11.9. The lowest BCUT2D eigenvalue weighted by Gasteiger charge is -2.04. The van der Waals surface area contributed by atoms with Crippen LogP contribution in [0.1, 0.15) is 6.92 Å². The zero-order valence-corrected chi connectivity index (χ0v) is 8.38. The number of aromatic nitrogens is 2. The van der Waals surface area contributed by atoms with Gasteiger partial charge < -0.3 is 4.98 Å². The minimum atomic E-state index is -0.951. The Balaban J connectivity index is 3.05. The van der Waals surface area contributed by atoms with Gasteiger partial charge in [-0.25, -0.2) is 13.6 Å². The molecule has 0 saturated heterocycles. The second-order valence-corrected chi connectivity index (χ2v) is 3.29. The smallest absolute Gasteiger partial charge is 0.304 e. The highest BCUT2D eigenvalue weighted by molar-refractivity contribution is 5.77. The first-order valence-electron chi connectivity index (χ1n) is 4.66. The van der Waals surface area contributed by atoms with Crippen molar-refractivity contribution in [1.29, 1.82) is 0 Å². The van der Waals surface area contributed by atoms with E-state index >= 15 is 0 Å². The molecule has 0 aliphatic carbocycles. The lowest BCUT2D eigenvalue weighted by molar-refractivity contribution is 0.587. The van der Waals surface area contributed by atoms with Crippen molar-refractivity contribution in [2.45, 2.75) is 13.5 Å². The Morgan fingerprint density at radius 2 is 2.00 bits per heavy atom. The molecule has 0 amide bonds. The van der Waals surface area contributed by atoms with E-state index in [1.54, 1.807) is 6.92 Å². The molecule has 0 atom stereocenters. The van der Waals surface area contributed by atoms with Crippen LogP contribution in [0.15, 0.2) is 21.7 Å². The summed E-state index contributed by atoms with van der Waals surface area (Å²) in [7, 11) is 0. The summed E-state index contributed by atoms with van der Waals surface area (Å²) in [4.78, 5) is 25.3. The minimum absolute atomic E-state index is 0.141. The van der Waals surface area contributed by atoms with Gasteiger partial charge in [0.15, 0.2) is 5.82 Å². The number of nitrogens with one attached hydrogen (secondary N) is 1. The number of fused-ring (bicyclic) bond motifs is 1. The first kappa shape index (κ1) is 10.5. The van der Waals surface area contributed by atoms with Crippen LogP contribution >= 0.6 is 0 Å². The van der Waals surface area contributed by atoms with Crippen molar-refractivity contribution in [3.8, 4) is 0 Å². The predicted molar refractivity (Wildman–Crippen MR) is 54.4 cm³/mol. The van der Waals surface area contributed by atoms with Crippen molar-refractivity contribution in [2.24, 2.45) is 0 Å². The number of H-pyrrole nitrogens is 1. The van der Waals surface area contributed by atoms with E-state index in [0.29, 0.717) is 6.07 Å². The Morgan fingerprint density at radius 1 is 1.31 bits per heavy atom. The molecular weight excluding hydrogens is 218 g/mol. The molecule has 16 heavy (non-hydrogen) atoms. The molecule has 0 aliphatic heterocycles. The number of benzene rings is 1. The fourth-order valence-corrected chi connectivity index (χ4v) is 1.57. The van der Waals surface area contributed by atoms with Crippen molar-refractivity contribution in [3.63, 3.8) is 0 Å². The van der Waals surface area contributed by atoms with Crippen molar-refractivity contribution >= 4 is 10.9 Å². The predicted octanol–water partition coefficient (Wildman–Crippen LogP) is 0.988. The molecule has 1 aromatic heterocycles. The Kier molecular flexibility index (Phi) is 2.34. The Hall–Kier alpha value is -1.98. The highest BCUT2D eigenvalue weighted by Crippen LogP contribution is 2.12. The molecule has 0 aliphatic rings. The summed E-state index contributed by atoms with van der Waals surface area (Å²) in [6, 6.07) is 1.52. The van der Waals surface area contributed by atoms with Crippen LogP contribution in [0.2, 0.25) is 0 Å². The molecule has 0 saturated carbocycles. The molecule has 2 aromatic rings. The van der Waals surface area contributed by atoms with Crippen LogP contribution in [0.5, 0.6) is 0 Å². The lowest BCUT2D eigenvalue weighted by Crippen LogP contribution is -2.34. The molecule has 1 N–H and O–H groups in total. The molecule has 84 valence electrons. The first-order valence-corrected chi connectivity index (χ1v) is 4.66. The number of nitrogens with zero attached hydrogens (tertiary/aromatic N) is 1. The van der Waals surface area contributed by atoms with Crippen molar-refractivity contribution < 1.29 is 8.78 Å². The summed E-state index contributed by atoms with van der Waals surface area (Å²) in [6.45, 7) is 1.74. The van der Waals surface area contributed by atoms with Gasteiger partial charge >= 0.3 is 5.69 Å². The van der Waals surface area contributed by atoms with E-state index in [4.69, 9.17) is 0 Å². The summed E-state index contributed by atoms with van der Waals surface area (Å²) in [5.41, 5.74) is -1.66. The van der Waals surface area contributed by atoms with Crippen LogP contribution in [0, 0.1) is 11.6 Å². The summed E-state index contributed by atoms with van der Waals surface area (Å²) >= 11 is 0. The van der Waals surface area contributed by atoms with Crippen molar-refractivity contribution in [2.75, 3.05) is 0 Å². The van der Waals surface area contributed by atoms with Crippen LogP contribution in [-0.2, 0) is 6.54 Å². The van der Waals surface area contributed by atoms with E-state index in [1.807, 2.05) is 0 Å². The number of halogens is 2. The molecule has 0 spiro atoms. The number of rotatable bonds is 1. The van der Waals surface area contributed by atoms with E-state index in [0.717, 1.165) is 10.6 Å². The highest BCUT2D eigenvalue weighted by atomic mass is 19.1. The maximum atomic E-state index is 13.3. The molecule has 6 heteroatoms. The molecule has 1 aromatic carbocycles. The Morgan fingerprint density at radius 3 is 2.62 bits per heavy atom. The van der Waals surface area contributed by atoms with E-state index < -0.39 is 22.9 Å². The normalized spacial score (nSPS) is 10.9. The van der Waals surface area contributed by atoms with E-state index in [9.17, 15) is 18.4 Å². The molecule has 4 nitrogen and oxygen atoms in total. The zero-order valence-electron chi connectivity index (χ0n) is 8.38. The van der Waals surface area contributed by atoms with Crippen LogP contribution in [0.4, 0.5) is 8.78 Å². The van der Waals surface area contributed by atoms with Gasteiger partial charge in [-0.05, 0) is 13.0 Å². The number of hydrogen-bond donors (Lipinski definition) is 1. The Bertz CT molecular complexity index is 673. The molecule has 0 bridgehead atoms. The summed E-state index contributed by atoms with van der Waals surface area (Å²) in [5.74, 6) is -1.80. The molecule has 0 unspecified atom stereocenters. The fourth-order valence-electron chi connectivity index (χ4n) is 1.57. The third-order valence-electron chi connectivity index (χ3n) is 2.32. The summed E-state index contributed by atoms with van der Waals surface area (Å²) in [5, 5.41) is -0.168. The SMILES string of the molecule is CCn1c(=O)[nH]c2c(F)cc(F)cc2c1=O. The van der Waals surface area contributed by atoms with Gasteiger partial charge in [-0.15, -0.1) is 0 Å².